The first kappa shape index (κ1) is 22.5. The minimum Gasteiger partial charge on any atom is -0.340 e. The number of amides is 1. The number of nitrogens with two attached hydrogens (primary N) is 1. The SMILES string of the molecule is N[C@@H](Cc1cscn1)C(=O)N1CCn2c(nc(-c3ccc(F)cc3)c2Nc2ccc(Cl)cc2)C1. The maximum atomic E-state index is 13.6. The lowest BCUT2D eigenvalue weighted by molar-refractivity contribution is -0.134. The molecule has 3 heterocycles. The monoisotopic (exact) mass is 496 g/mol. The number of nitrogens with one attached hydrogen (secondary N) is 1. The van der Waals surface area contributed by atoms with Gasteiger partial charge in [0.25, 0.3) is 0 Å². The molecule has 0 saturated carbocycles. The summed E-state index contributed by atoms with van der Waals surface area (Å²) < 4.78 is 15.6. The van der Waals surface area contributed by atoms with Crippen LogP contribution in [0.4, 0.5) is 15.9 Å². The molecule has 1 aliphatic rings. The van der Waals surface area contributed by atoms with E-state index in [4.69, 9.17) is 22.3 Å². The Morgan fingerprint density at radius 1 is 1.18 bits per heavy atom. The molecular weight excluding hydrogens is 475 g/mol. The summed E-state index contributed by atoms with van der Waals surface area (Å²) in [6.45, 7) is 1.39. The Labute approximate surface area is 205 Å². The van der Waals surface area contributed by atoms with Gasteiger partial charge in [-0.25, -0.2) is 14.4 Å². The quantitative estimate of drug-likeness (QED) is 0.411. The molecule has 0 aliphatic carbocycles. The van der Waals surface area contributed by atoms with Crippen LogP contribution in [-0.2, 0) is 24.3 Å². The summed E-state index contributed by atoms with van der Waals surface area (Å²) >= 11 is 7.52. The van der Waals surface area contributed by atoms with Crippen molar-refractivity contribution in [2.24, 2.45) is 5.73 Å². The topological polar surface area (TPSA) is 89.1 Å². The van der Waals surface area contributed by atoms with Gasteiger partial charge in [0.05, 0.1) is 23.8 Å². The number of fused-ring (bicyclic) bond motifs is 1. The van der Waals surface area contributed by atoms with Crippen LogP contribution in [0.15, 0.2) is 59.4 Å². The van der Waals surface area contributed by atoms with Crippen molar-refractivity contribution in [2.45, 2.75) is 25.6 Å². The third-order valence-corrected chi connectivity index (χ3v) is 6.63. The number of rotatable bonds is 6. The van der Waals surface area contributed by atoms with E-state index in [9.17, 15) is 9.18 Å². The van der Waals surface area contributed by atoms with Gasteiger partial charge >= 0.3 is 0 Å². The molecule has 0 bridgehead atoms. The maximum Gasteiger partial charge on any atom is 0.240 e. The van der Waals surface area contributed by atoms with Gasteiger partial charge in [-0.3, -0.25) is 4.79 Å². The predicted molar refractivity (Wildman–Crippen MR) is 132 cm³/mol. The molecule has 0 radical (unpaired) electrons. The summed E-state index contributed by atoms with van der Waals surface area (Å²) in [6, 6.07) is 12.9. The van der Waals surface area contributed by atoms with Crippen molar-refractivity contribution >= 4 is 40.4 Å². The van der Waals surface area contributed by atoms with E-state index in [1.807, 2.05) is 17.5 Å². The second-order valence-electron chi connectivity index (χ2n) is 8.07. The average molecular weight is 497 g/mol. The van der Waals surface area contributed by atoms with E-state index in [0.717, 1.165) is 28.6 Å². The highest BCUT2D eigenvalue weighted by Crippen LogP contribution is 2.33. The molecule has 4 aromatic rings. The molecule has 0 saturated heterocycles. The zero-order valence-electron chi connectivity index (χ0n) is 18.1. The molecule has 174 valence electrons. The van der Waals surface area contributed by atoms with Crippen molar-refractivity contribution in [1.82, 2.24) is 19.4 Å². The predicted octanol–water partition coefficient (Wildman–Crippen LogP) is 4.45. The molecule has 2 aromatic carbocycles. The minimum atomic E-state index is -0.660. The highest BCUT2D eigenvalue weighted by atomic mass is 35.5. The molecule has 1 atom stereocenters. The molecule has 7 nitrogen and oxygen atoms in total. The molecule has 2 aromatic heterocycles. The smallest absolute Gasteiger partial charge is 0.240 e. The molecule has 1 aliphatic heterocycles. The van der Waals surface area contributed by atoms with E-state index in [-0.39, 0.29) is 11.7 Å². The van der Waals surface area contributed by atoms with E-state index < -0.39 is 6.04 Å². The Bertz CT molecular complexity index is 1290. The average Bonchev–Trinajstić information content (AvgIpc) is 3.48. The van der Waals surface area contributed by atoms with Crippen LogP contribution in [0.2, 0.25) is 5.02 Å². The molecule has 0 fully saturated rings. The van der Waals surface area contributed by atoms with Crippen molar-refractivity contribution in [2.75, 3.05) is 11.9 Å². The molecule has 1 amide bonds. The van der Waals surface area contributed by atoms with E-state index in [1.165, 1.54) is 23.5 Å². The van der Waals surface area contributed by atoms with Crippen LogP contribution in [-0.4, -0.2) is 37.9 Å². The van der Waals surface area contributed by atoms with Gasteiger partial charge in [0.15, 0.2) is 0 Å². The number of hydrogen-bond acceptors (Lipinski definition) is 6. The zero-order valence-corrected chi connectivity index (χ0v) is 19.7. The largest absolute Gasteiger partial charge is 0.340 e. The Balaban J connectivity index is 1.44. The van der Waals surface area contributed by atoms with Crippen LogP contribution in [0.25, 0.3) is 11.3 Å². The van der Waals surface area contributed by atoms with E-state index >= 15 is 0 Å². The molecule has 3 N–H and O–H groups in total. The van der Waals surface area contributed by atoms with Gasteiger partial charge in [-0.2, -0.15) is 0 Å². The second kappa shape index (κ2) is 9.54. The number of carbonyl (C=O) groups excluding carboxylic acids is 1. The fourth-order valence-corrected chi connectivity index (χ4v) is 4.71. The van der Waals surface area contributed by atoms with E-state index in [0.29, 0.717) is 36.8 Å². The van der Waals surface area contributed by atoms with Crippen molar-refractivity contribution < 1.29 is 9.18 Å². The van der Waals surface area contributed by atoms with Gasteiger partial charge in [0.1, 0.15) is 23.2 Å². The highest BCUT2D eigenvalue weighted by molar-refractivity contribution is 7.07. The molecular formula is C24H22ClFN6OS. The highest BCUT2D eigenvalue weighted by Gasteiger charge is 2.29. The Morgan fingerprint density at radius 2 is 1.94 bits per heavy atom. The molecule has 10 heteroatoms. The number of imidazole rings is 1. The second-order valence-corrected chi connectivity index (χ2v) is 9.22. The molecule has 0 unspecified atom stereocenters. The summed E-state index contributed by atoms with van der Waals surface area (Å²) in [7, 11) is 0. The van der Waals surface area contributed by atoms with Crippen LogP contribution < -0.4 is 11.1 Å². The minimum absolute atomic E-state index is 0.127. The molecule has 34 heavy (non-hydrogen) atoms. The van der Waals surface area contributed by atoms with E-state index in [2.05, 4.69) is 14.9 Å². The van der Waals surface area contributed by atoms with Gasteiger partial charge in [-0.15, -0.1) is 11.3 Å². The number of aromatic nitrogens is 3. The summed E-state index contributed by atoms with van der Waals surface area (Å²) in [5.74, 6) is 1.07. The number of anilines is 2. The maximum absolute atomic E-state index is 13.6. The standard InChI is InChI=1S/C24H22ClFN6OS/c25-16-3-7-18(8-4-16)29-23-22(15-1-5-17(26)6-2-15)30-21-12-31(9-10-32(21)23)24(33)20(27)11-19-13-34-14-28-19/h1-8,13-14,20,29H,9-12,27H2/t20-/m0/s1. The molecule has 0 spiro atoms. The number of nitrogens with zero attached hydrogens (tertiary/aromatic N) is 4. The summed E-state index contributed by atoms with van der Waals surface area (Å²) in [4.78, 5) is 23.8. The fraction of sp³-hybridized carbons (Fsp3) is 0.208. The first-order valence-electron chi connectivity index (χ1n) is 10.8. The summed E-state index contributed by atoms with van der Waals surface area (Å²) in [5, 5.41) is 5.97. The number of thiazole rings is 1. The third kappa shape index (κ3) is 4.68. The Morgan fingerprint density at radius 3 is 2.65 bits per heavy atom. The van der Waals surface area contributed by atoms with Crippen LogP contribution in [0.1, 0.15) is 11.5 Å². The third-order valence-electron chi connectivity index (χ3n) is 5.74. The lowest BCUT2D eigenvalue weighted by Crippen LogP contribution is -2.47. The Kier molecular flexibility index (Phi) is 6.32. The van der Waals surface area contributed by atoms with Gasteiger partial charge in [-0.05, 0) is 48.5 Å². The van der Waals surface area contributed by atoms with Crippen LogP contribution >= 0.6 is 22.9 Å². The molecule has 5 rings (SSSR count). The fourth-order valence-electron chi connectivity index (χ4n) is 4.01. The van der Waals surface area contributed by atoms with Gasteiger partial charge in [-0.1, -0.05) is 11.6 Å². The lowest BCUT2D eigenvalue weighted by atomic mass is 10.1. The first-order valence-corrected chi connectivity index (χ1v) is 12.1. The van der Waals surface area contributed by atoms with Crippen molar-refractivity contribution in [1.29, 1.82) is 0 Å². The normalized spacial score (nSPS) is 14.0. The zero-order chi connectivity index (χ0) is 23.7. The summed E-state index contributed by atoms with van der Waals surface area (Å²) in [6.07, 6.45) is 0.400. The van der Waals surface area contributed by atoms with Crippen molar-refractivity contribution in [3.05, 3.63) is 81.8 Å². The van der Waals surface area contributed by atoms with Crippen molar-refractivity contribution in [3.63, 3.8) is 0 Å². The van der Waals surface area contributed by atoms with E-state index in [1.54, 1.807) is 34.7 Å². The number of halogens is 2. The number of benzene rings is 2. The van der Waals surface area contributed by atoms with Crippen LogP contribution in [0.3, 0.4) is 0 Å². The lowest BCUT2D eigenvalue weighted by Gasteiger charge is -2.30. The van der Waals surface area contributed by atoms with Gasteiger partial charge in [0, 0.05) is 41.2 Å². The first-order chi connectivity index (χ1) is 16.5. The summed E-state index contributed by atoms with van der Waals surface area (Å²) in [5.41, 5.74) is 11.1. The van der Waals surface area contributed by atoms with Crippen LogP contribution in [0.5, 0.6) is 0 Å². The van der Waals surface area contributed by atoms with Crippen molar-refractivity contribution in [3.8, 4) is 11.3 Å². The Hall–Kier alpha value is -3.27. The van der Waals surface area contributed by atoms with Gasteiger partial charge in [0.2, 0.25) is 5.91 Å². The van der Waals surface area contributed by atoms with Gasteiger partial charge < -0.3 is 20.5 Å². The van der Waals surface area contributed by atoms with Crippen LogP contribution in [0, 0.1) is 5.82 Å². The number of carbonyl (C=O) groups is 1. The number of hydrogen-bond donors (Lipinski definition) is 2.